The normalized spacial score (nSPS) is 11.0. The summed E-state index contributed by atoms with van der Waals surface area (Å²) in [7, 11) is -4.22. The zero-order chi connectivity index (χ0) is 17.6. The Kier molecular flexibility index (Phi) is 9.65. The standard InChI is InChI=1S/C18H22O5S.K/c1-2-3-4-5-6-14-13-15(19)7-12-18(14)23-16-8-10-17(11-9-16)24(20,21)22;/h7-13,19H,2-6H2,1H3,(H,20,21,22);/q;+1/p-1. The van der Waals surface area contributed by atoms with Crippen molar-refractivity contribution in [2.45, 2.75) is 43.9 Å². The molecule has 2 aromatic carbocycles. The van der Waals surface area contributed by atoms with Crippen LogP contribution in [0.4, 0.5) is 0 Å². The van der Waals surface area contributed by atoms with Gasteiger partial charge in [0.05, 0.1) is 4.90 Å². The summed E-state index contributed by atoms with van der Waals surface area (Å²) in [5, 5.41) is 11.6. The average molecular weight is 389 g/mol. The van der Waals surface area contributed by atoms with Crippen LogP contribution < -0.4 is 61.2 Å². The minimum atomic E-state index is -4.22. The van der Waals surface area contributed by atoms with E-state index < -0.39 is 10.1 Å². The Labute approximate surface area is 191 Å². The van der Waals surface area contributed by atoms with Gasteiger partial charge in [0.25, 0.3) is 10.1 Å². The fourth-order valence-electron chi connectivity index (χ4n) is 2.40. The van der Waals surface area contributed by atoms with Crippen LogP contribution in [0.2, 0.25) is 0 Å². The second kappa shape index (κ2) is 10.7. The van der Waals surface area contributed by atoms with Crippen molar-refractivity contribution in [3.05, 3.63) is 48.0 Å². The van der Waals surface area contributed by atoms with Crippen molar-refractivity contribution in [3.63, 3.8) is 0 Å². The number of benzene rings is 2. The van der Waals surface area contributed by atoms with E-state index in [-0.39, 0.29) is 62.0 Å². The van der Waals surface area contributed by atoms with E-state index in [4.69, 9.17) is 9.29 Å². The summed E-state index contributed by atoms with van der Waals surface area (Å²) in [5.74, 6) is 0.969. The maximum Gasteiger partial charge on any atom is 1.00 e. The minimum absolute atomic E-state index is 0. The number of hydrogen-bond donors (Lipinski definition) is 1. The maximum atomic E-state index is 11.6. The van der Waals surface area contributed by atoms with E-state index in [9.17, 15) is 13.5 Å². The molecule has 0 aliphatic rings. The number of aryl methyl sites for hydroxylation is 1. The van der Waals surface area contributed by atoms with E-state index in [0.29, 0.717) is 11.5 Å². The Bertz CT molecular complexity index is 773. The second-order valence-electron chi connectivity index (χ2n) is 5.63. The van der Waals surface area contributed by atoms with Crippen molar-refractivity contribution in [2.75, 3.05) is 0 Å². The third kappa shape index (κ3) is 7.38. The molecule has 0 saturated heterocycles. The van der Waals surface area contributed by atoms with E-state index in [1.54, 1.807) is 12.1 Å². The van der Waals surface area contributed by atoms with E-state index in [2.05, 4.69) is 6.92 Å². The molecule has 0 heterocycles. The first kappa shape index (κ1) is 22.6. The van der Waals surface area contributed by atoms with Gasteiger partial charge in [-0.1, -0.05) is 38.3 Å². The summed E-state index contributed by atoms with van der Waals surface area (Å²) in [6.07, 6.45) is 5.14. The molecule has 0 aromatic heterocycles. The van der Waals surface area contributed by atoms with Gasteiger partial charge < -0.3 is 9.84 Å². The summed E-state index contributed by atoms with van der Waals surface area (Å²) in [6.45, 7) is 2.14. The first-order chi connectivity index (χ1) is 11.4. The molecule has 0 bridgehead atoms. The molecular weight excluding hydrogens is 367 g/mol. The van der Waals surface area contributed by atoms with Crippen LogP contribution >= 0.6 is 0 Å². The molecule has 7 heteroatoms. The molecule has 1 N–H and O–H groups in total. The molecule has 5 nitrogen and oxygen atoms in total. The Morgan fingerprint density at radius 2 is 1.72 bits per heavy atom. The van der Waals surface area contributed by atoms with Crippen LogP contribution in [-0.2, 0) is 16.5 Å². The van der Waals surface area contributed by atoms with Gasteiger partial charge in [-0.3, -0.25) is 4.55 Å². The quantitative estimate of drug-likeness (QED) is 0.413. The van der Waals surface area contributed by atoms with Gasteiger partial charge >= 0.3 is 51.4 Å². The van der Waals surface area contributed by atoms with Crippen LogP contribution in [0.1, 0.15) is 38.2 Å². The maximum absolute atomic E-state index is 11.6. The van der Waals surface area contributed by atoms with Gasteiger partial charge in [-0.05, 0) is 48.7 Å². The number of ether oxygens (including phenoxy) is 1. The smallest absolute Gasteiger partial charge is 0.872 e. The van der Waals surface area contributed by atoms with Crippen LogP contribution in [0.5, 0.6) is 17.2 Å². The van der Waals surface area contributed by atoms with Crippen molar-refractivity contribution in [3.8, 4) is 17.2 Å². The summed E-state index contributed by atoms with van der Waals surface area (Å²) >= 11 is 0. The Hall–Kier alpha value is -0.414. The zero-order valence-corrected chi connectivity index (χ0v) is 18.5. The molecule has 0 saturated carbocycles. The van der Waals surface area contributed by atoms with Crippen LogP contribution in [0.15, 0.2) is 47.4 Å². The SMILES string of the molecule is CCCCCCc1cc([O-])ccc1Oc1ccc(S(=O)(=O)O)cc1.[K+]. The number of hydrogen-bond acceptors (Lipinski definition) is 4. The first-order valence-corrected chi connectivity index (χ1v) is 9.39. The third-order valence-corrected chi connectivity index (χ3v) is 4.55. The predicted molar refractivity (Wildman–Crippen MR) is 90.1 cm³/mol. The molecule has 0 atom stereocenters. The van der Waals surface area contributed by atoms with Gasteiger partial charge in [0.1, 0.15) is 11.5 Å². The summed E-state index contributed by atoms with van der Waals surface area (Å²) in [6, 6.07) is 10.1. The largest absolute Gasteiger partial charge is 1.00 e. The number of rotatable bonds is 8. The molecule has 0 radical (unpaired) electrons. The molecule has 130 valence electrons. The molecular formula is C18H21KO5S. The Morgan fingerprint density at radius 3 is 2.32 bits per heavy atom. The average Bonchev–Trinajstić information content (AvgIpc) is 2.53. The van der Waals surface area contributed by atoms with Crippen LogP contribution in [0.3, 0.4) is 0 Å². The summed E-state index contributed by atoms with van der Waals surface area (Å²) < 4.78 is 36.8. The van der Waals surface area contributed by atoms with Gasteiger partial charge in [0.2, 0.25) is 0 Å². The fourth-order valence-corrected chi connectivity index (χ4v) is 2.88. The summed E-state index contributed by atoms with van der Waals surface area (Å²) in [5.41, 5.74) is 0.845. The molecule has 0 spiro atoms. The van der Waals surface area contributed by atoms with Crippen LogP contribution in [-0.4, -0.2) is 13.0 Å². The predicted octanol–water partition coefficient (Wildman–Crippen LogP) is 0.926. The van der Waals surface area contributed by atoms with Crippen molar-refractivity contribution in [1.29, 1.82) is 0 Å². The van der Waals surface area contributed by atoms with Gasteiger partial charge in [0, 0.05) is 0 Å². The number of unbranched alkanes of at least 4 members (excludes halogenated alkanes) is 3. The first-order valence-electron chi connectivity index (χ1n) is 7.95. The Morgan fingerprint density at radius 1 is 1.04 bits per heavy atom. The molecule has 0 amide bonds. The van der Waals surface area contributed by atoms with E-state index in [1.807, 2.05) is 0 Å². The van der Waals surface area contributed by atoms with Gasteiger partial charge in [0.15, 0.2) is 0 Å². The van der Waals surface area contributed by atoms with Gasteiger partial charge in [-0.2, -0.15) is 8.42 Å². The topological polar surface area (TPSA) is 86.7 Å². The summed E-state index contributed by atoms with van der Waals surface area (Å²) in [4.78, 5) is -0.190. The van der Waals surface area contributed by atoms with E-state index >= 15 is 0 Å². The molecule has 0 unspecified atom stereocenters. The molecule has 0 aliphatic carbocycles. The van der Waals surface area contributed by atoms with Crippen LogP contribution in [0, 0.1) is 0 Å². The second-order valence-corrected chi connectivity index (χ2v) is 7.05. The molecule has 2 rings (SSSR count). The molecule has 25 heavy (non-hydrogen) atoms. The van der Waals surface area contributed by atoms with E-state index in [0.717, 1.165) is 37.7 Å². The zero-order valence-electron chi connectivity index (χ0n) is 14.6. The monoisotopic (exact) mass is 388 g/mol. The molecule has 0 fully saturated rings. The Balaban J connectivity index is 0.00000312. The van der Waals surface area contributed by atoms with Crippen molar-refractivity contribution < 1.29 is 74.2 Å². The van der Waals surface area contributed by atoms with Crippen LogP contribution in [0.25, 0.3) is 0 Å². The van der Waals surface area contributed by atoms with Gasteiger partial charge in [-0.25, -0.2) is 0 Å². The van der Waals surface area contributed by atoms with Crippen molar-refractivity contribution >= 4 is 10.1 Å². The van der Waals surface area contributed by atoms with Crippen molar-refractivity contribution in [2.24, 2.45) is 0 Å². The minimum Gasteiger partial charge on any atom is -0.872 e. The molecule has 2 aromatic rings. The van der Waals surface area contributed by atoms with Gasteiger partial charge in [-0.15, -0.1) is 5.75 Å². The molecule has 0 aliphatic heterocycles. The van der Waals surface area contributed by atoms with Crippen molar-refractivity contribution in [1.82, 2.24) is 0 Å². The van der Waals surface area contributed by atoms with E-state index in [1.165, 1.54) is 30.3 Å². The third-order valence-electron chi connectivity index (χ3n) is 3.68. The fraction of sp³-hybridized carbons (Fsp3) is 0.333.